The molecule has 0 radical (unpaired) electrons. The van der Waals surface area contributed by atoms with Crippen LogP contribution >= 0.6 is 15.4 Å². The van der Waals surface area contributed by atoms with Crippen molar-refractivity contribution in [3.8, 4) is 5.75 Å². The second-order valence-corrected chi connectivity index (χ2v) is 5.52. The smallest absolute Gasteiger partial charge is 0.417 e. The van der Waals surface area contributed by atoms with E-state index in [9.17, 15) is 13.9 Å². The quantitative estimate of drug-likeness (QED) is 0.708. The summed E-state index contributed by atoms with van der Waals surface area (Å²) in [6.45, 7) is 0. The molecule has 1 rings (SSSR count). The van der Waals surface area contributed by atoms with E-state index in [1.54, 1.807) is 6.07 Å². The summed E-state index contributed by atoms with van der Waals surface area (Å²) in [5.74, 6) is -0.110. The van der Waals surface area contributed by atoms with Gasteiger partial charge < -0.3 is 13.9 Å². The molecule has 0 aromatic heterocycles. The summed E-state index contributed by atoms with van der Waals surface area (Å²) >= 11 is 0. The topological polar surface area (TPSA) is 130 Å². The van der Waals surface area contributed by atoms with Crippen LogP contribution in [-0.2, 0) is 13.7 Å². The van der Waals surface area contributed by atoms with Crippen molar-refractivity contribution < 1.29 is 37.7 Å². The van der Waals surface area contributed by atoms with Crippen molar-refractivity contribution in [1.29, 1.82) is 0 Å². The van der Waals surface area contributed by atoms with Gasteiger partial charge in [-0.3, -0.25) is 9.79 Å². The number of carbonyl (C=O) groups excluding carboxylic acids is 1. The van der Waals surface area contributed by atoms with Crippen LogP contribution in [0.2, 0.25) is 0 Å². The first-order valence-electron chi connectivity index (χ1n) is 4.08. The Hall–Kier alpha value is -1.17. The Balaban J connectivity index is 2.79. The highest BCUT2D eigenvalue weighted by molar-refractivity contribution is 7.71. The number of carbonyl (C=O) groups is 1. The third-order valence-electron chi connectivity index (χ3n) is 1.40. The van der Waals surface area contributed by atoms with Crippen LogP contribution in [0.3, 0.4) is 0 Å². The lowest BCUT2D eigenvalue weighted by molar-refractivity contribution is 0.189. The molecule has 0 spiro atoms. The molecule has 1 aromatic rings. The summed E-state index contributed by atoms with van der Waals surface area (Å²) in [7, 11) is -10.1. The van der Waals surface area contributed by atoms with Crippen LogP contribution in [-0.4, -0.2) is 20.4 Å². The summed E-state index contributed by atoms with van der Waals surface area (Å²) in [4.78, 5) is 36.6. The van der Waals surface area contributed by atoms with Gasteiger partial charge in [-0.1, -0.05) is 18.2 Å². The third kappa shape index (κ3) is 4.68. The van der Waals surface area contributed by atoms with Crippen molar-refractivity contribution in [2.45, 2.75) is 0 Å². The molecule has 0 saturated heterocycles. The fourth-order valence-electron chi connectivity index (χ4n) is 0.815. The normalized spacial score (nSPS) is 14.8. The van der Waals surface area contributed by atoms with Crippen LogP contribution < -0.4 is 4.52 Å². The van der Waals surface area contributed by atoms with Crippen LogP contribution in [0.4, 0.5) is 4.79 Å². The fraction of sp³-hybridized carbons (Fsp3) is 0. The Bertz CT molecular complexity index is 492. The van der Waals surface area contributed by atoms with Gasteiger partial charge in [0.05, 0.1) is 0 Å². The number of phosphoric acid groups is 1. The first kappa shape index (κ1) is 13.9. The summed E-state index contributed by atoms with van der Waals surface area (Å²) in [5.41, 5.74) is -2.02. The van der Waals surface area contributed by atoms with Gasteiger partial charge in [0, 0.05) is 0 Å². The van der Waals surface area contributed by atoms with Crippen LogP contribution in [0.15, 0.2) is 30.3 Å². The first-order chi connectivity index (χ1) is 7.71. The van der Waals surface area contributed by atoms with Crippen LogP contribution in [0.5, 0.6) is 5.75 Å². The highest BCUT2D eigenvalue weighted by Crippen LogP contribution is 2.50. The van der Waals surface area contributed by atoms with Crippen LogP contribution in [0, 0.1) is 0 Å². The van der Waals surface area contributed by atoms with Crippen molar-refractivity contribution in [3.05, 3.63) is 30.3 Å². The lowest BCUT2D eigenvalue weighted by Crippen LogP contribution is -2.06. The maximum absolute atomic E-state index is 11.3. The molecule has 0 saturated carbocycles. The van der Waals surface area contributed by atoms with Crippen molar-refractivity contribution in [2.75, 3.05) is 0 Å². The van der Waals surface area contributed by atoms with E-state index in [0.29, 0.717) is 0 Å². The molecule has 0 aliphatic rings. The van der Waals surface area contributed by atoms with Gasteiger partial charge in [-0.25, -0.2) is 13.9 Å². The molecule has 10 heteroatoms. The minimum atomic E-state index is -5.18. The van der Waals surface area contributed by atoms with E-state index in [2.05, 4.69) is 9.05 Å². The second kappa shape index (κ2) is 5.00. The molecule has 0 heterocycles. The van der Waals surface area contributed by atoms with Crippen molar-refractivity contribution in [2.24, 2.45) is 0 Å². The zero-order chi connectivity index (χ0) is 13.1. The largest absolute Gasteiger partial charge is 0.527 e. The summed E-state index contributed by atoms with van der Waals surface area (Å²) in [6.07, 6.45) is 0. The molecule has 3 N–H and O–H groups in total. The molecular weight excluding hydrogens is 274 g/mol. The van der Waals surface area contributed by atoms with Gasteiger partial charge in [0.2, 0.25) is 0 Å². The second-order valence-electron chi connectivity index (χ2n) is 2.77. The van der Waals surface area contributed by atoms with E-state index >= 15 is 0 Å². The standard InChI is InChI=1S/C7H8O8P2/c8-7(15-17(11,12)13)16(9,10)14-6-4-2-1-3-5-6/h1-5H,(H,9,10)(H2,11,12,13). The maximum atomic E-state index is 11.3. The fourth-order valence-corrected chi connectivity index (χ4v) is 2.23. The Labute approximate surface area is 95.6 Å². The van der Waals surface area contributed by atoms with Crippen LogP contribution in [0.1, 0.15) is 0 Å². The van der Waals surface area contributed by atoms with Crippen molar-refractivity contribution in [1.82, 2.24) is 0 Å². The predicted octanol–water partition coefficient (Wildman–Crippen LogP) is 1.48. The van der Waals surface area contributed by atoms with Gasteiger partial charge >= 0.3 is 21.1 Å². The van der Waals surface area contributed by atoms with Crippen molar-refractivity contribution in [3.63, 3.8) is 0 Å². The number of rotatable bonds is 4. The molecule has 8 nitrogen and oxygen atoms in total. The number of hydrogen-bond acceptors (Lipinski definition) is 5. The number of para-hydroxylation sites is 1. The van der Waals surface area contributed by atoms with E-state index in [4.69, 9.17) is 14.7 Å². The Morgan fingerprint density at radius 1 is 1.06 bits per heavy atom. The highest BCUT2D eigenvalue weighted by atomic mass is 31.2. The van der Waals surface area contributed by atoms with Gasteiger partial charge in [-0.2, -0.15) is 0 Å². The summed E-state index contributed by atoms with van der Waals surface area (Å²) in [5, 5.41) is 0. The van der Waals surface area contributed by atoms with Gasteiger partial charge in [0.1, 0.15) is 5.75 Å². The van der Waals surface area contributed by atoms with E-state index in [1.165, 1.54) is 24.3 Å². The molecule has 1 unspecified atom stereocenters. The third-order valence-corrected chi connectivity index (χ3v) is 2.96. The summed E-state index contributed by atoms with van der Waals surface area (Å²) < 4.78 is 29.4. The van der Waals surface area contributed by atoms with E-state index in [0.717, 1.165) is 0 Å². The molecule has 1 atom stereocenters. The Morgan fingerprint density at radius 2 is 1.59 bits per heavy atom. The van der Waals surface area contributed by atoms with Crippen LogP contribution in [0.25, 0.3) is 0 Å². The lowest BCUT2D eigenvalue weighted by atomic mass is 10.3. The Kier molecular flexibility index (Phi) is 4.08. The number of benzene rings is 1. The minimum absolute atomic E-state index is 0.110. The SMILES string of the molecule is O=C(OP(=O)(O)O)P(=O)(O)Oc1ccccc1. The predicted molar refractivity (Wildman–Crippen MR) is 55.4 cm³/mol. The minimum Gasteiger partial charge on any atom is -0.417 e. The number of hydrogen-bond donors (Lipinski definition) is 3. The summed E-state index contributed by atoms with van der Waals surface area (Å²) in [6, 6.07) is 7.12. The Morgan fingerprint density at radius 3 is 2.06 bits per heavy atom. The molecule has 94 valence electrons. The van der Waals surface area contributed by atoms with Gasteiger partial charge in [-0.15, -0.1) is 0 Å². The van der Waals surface area contributed by atoms with Crippen molar-refractivity contribution >= 4 is 21.1 Å². The average Bonchev–Trinajstić information content (AvgIpc) is 2.15. The molecule has 0 aliphatic heterocycles. The number of phosphoric ester groups is 1. The lowest BCUT2D eigenvalue weighted by Gasteiger charge is -2.12. The van der Waals surface area contributed by atoms with E-state index < -0.39 is 21.1 Å². The molecule has 0 fully saturated rings. The molecule has 0 aliphatic carbocycles. The molecular formula is C7H8O8P2. The molecule has 0 bridgehead atoms. The zero-order valence-corrected chi connectivity index (χ0v) is 9.95. The maximum Gasteiger partial charge on any atom is 0.527 e. The van der Waals surface area contributed by atoms with E-state index in [1.807, 2.05) is 0 Å². The first-order valence-corrected chi connectivity index (χ1v) is 7.18. The monoisotopic (exact) mass is 282 g/mol. The molecule has 17 heavy (non-hydrogen) atoms. The zero-order valence-electron chi connectivity index (χ0n) is 8.16. The van der Waals surface area contributed by atoms with Gasteiger partial charge in [-0.05, 0) is 12.1 Å². The van der Waals surface area contributed by atoms with Gasteiger partial charge in [0.25, 0.3) is 0 Å². The van der Waals surface area contributed by atoms with E-state index in [-0.39, 0.29) is 5.75 Å². The molecule has 1 aromatic carbocycles. The molecule has 0 amide bonds. The van der Waals surface area contributed by atoms with Gasteiger partial charge in [0.15, 0.2) is 0 Å². The average molecular weight is 282 g/mol. The highest BCUT2D eigenvalue weighted by Gasteiger charge is 2.39.